The highest BCUT2D eigenvalue weighted by atomic mass is 16.5. The first kappa shape index (κ1) is 18.4. The number of ether oxygens (including phenoxy) is 1. The molecule has 6 nitrogen and oxygen atoms in total. The highest BCUT2D eigenvalue weighted by molar-refractivity contribution is 5.87. The van der Waals surface area contributed by atoms with Crippen molar-refractivity contribution in [3.8, 4) is 0 Å². The number of hydrogen-bond donors (Lipinski definition) is 2. The lowest BCUT2D eigenvalue weighted by Gasteiger charge is -2.36. The molecule has 1 saturated heterocycles. The van der Waals surface area contributed by atoms with E-state index in [9.17, 15) is 9.59 Å². The smallest absolute Gasteiger partial charge is 0.242 e. The lowest BCUT2D eigenvalue weighted by Crippen LogP contribution is -2.54. The van der Waals surface area contributed by atoms with E-state index >= 15 is 0 Å². The zero-order chi connectivity index (χ0) is 17.5. The van der Waals surface area contributed by atoms with E-state index in [0.717, 1.165) is 12.0 Å². The van der Waals surface area contributed by atoms with E-state index < -0.39 is 6.04 Å². The maximum absolute atomic E-state index is 12.5. The van der Waals surface area contributed by atoms with Crippen LogP contribution in [0.2, 0.25) is 0 Å². The number of morpholine rings is 1. The van der Waals surface area contributed by atoms with Crippen LogP contribution in [-0.2, 0) is 20.7 Å². The molecule has 1 aliphatic heterocycles. The van der Waals surface area contributed by atoms with Gasteiger partial charge >= 0.3 is 0 Å². The zero-order valence-electron chi connectivity index (χ0n) is 14.4. The van der Waals surface area contributed by atoms with Crippen molar-refractivity contribution in [2.45, 2.75) is 32.4 Å². The van der Waals surface area contributed by atoms with Crippen LogP contribution in [0.15, 0.2) is 30.3 Å². The predicted molar refractivity (Wildman–Crippen MR) is 92.3 cm³/mol. The van der Waals surface area contributed by atoms with Crippen molar-refractivity contribution in [2.75, 3.05) is 26.3 Å². The van der Waals surface area contributed by atoms with E-state index in [1.54, 1.807) is 4.90 Å². The van der Waals surface area contributed by atoms with Gasteiger partial charge in [0.1, 0.15) is 0 Å². The Hall–Kier alpha value is -1.92. The molecule has 2 amide bonds. The topological polar surface area (TPSA) is 84.7 Å². The van der Waals surface area contributed by atoms with E-state index in [0.29, 0.717) is 19.8 Å². The van der Waals surface area contributed by atoms with Gasteiger partial charge in [-0.2, -0.15) is 0 Å². The van der Waals surface area contributed by atoms with Crippen LogP contribution in [-0.4, -0.2) is 55.1 Å². The summed E-state index contributed by atoms with van der Waals surface area (Å²) < 4.78 is 5.53. The minimum absolute atomic E-state index is 0.00988. The van der Waals surface area contributed by atoms with Crippen molar-refractivity contribution in [1.82, 2.24) is 10.2 Å². The summed E-state index contributed by atoms with van der Waals surface area (Å²) in [6.07, 6.45) is 0.742. The molecule has 24 heavy (non-hydrogen) atoms. The molecule has 1 aromatic carbocycles. The van der Waals surface area contributed by atoms with Crippen molar-refractivity contribution < 1.29 is 14.3 Å². The van der Waals surface area contributed by atoms with E-state index in [4.69, 9.17) is 10.5 Å². The fraction of sp³-hybridized carbons (Fsp3) is 0.556. The summed E-state index contributed by atoms with van der Waals surface area (Å²) in [6, 6.07) is 9.42. The van der Waals surface area contributed by atoms with Gasteiger partial charge in [0, 0.05) is 6.54 Å². The first-order valence-electron chi connectivity index (χ1n) is 8.43. The summed E-state index contributed by atoms with van der Waals surface area (Å²) in [5.74, 6) is -0.343. The van der Waals surface area contributed by atoms with Crippen LogP contribution in [0, 0.1) is 5.92 Å². The largest absolute Gasteiger partial charge is 0.377 e. The second kappa shape index (κ2) is 8.80. The molecular weight excluding hydrogens is 306 g/mol. The third-order valence-electron chi connectivity index (χ3n) is 4.30. The number of carbonyl (C=O) groups excluding carboxylic acids is 2. The molecule has 0 spiro atoms. The molecule has 0 bridgehead atoms. The van der Waals surface area contributed by atoms with Gasteiger partial charge in [-0.05, 0) is 17.9 Å². The fourth-order valence-electron chi connectivity index (χ4n) is 2.72. The average molecular weight is 333 g/mol. The Morgan fingerprint density at radius 3 is 2.71 bits per heavy atom. The van der Waals surface area contributed by atoms with Crippen LogP contribution in [0.25, 0.3) is 0 Å². The number of benzene rings is 1. The Morgan fingerprint density at radius 1 is 1.33 bits per heavy atom. The van der Waals surface area contributed by atoms with Crippen LogP contribution in [0.5, 0.6) is 0 Å². The summed E-state index contributed by atoms with van der Waals surface area (Å²) in [7, 11) is 0. The molecule has 6 heteroatoms. The third kappa shape index (κ3) is 5.04. The molecule has 132 valence electrons. The quantitative estimate of drug-likeness (QED) is 0.796. The molecule has 1 heterocycles. The SMILES string of the molecule is CC(C)[C@H](N)C(=O)NCC(=O)N1CCOCC1Cc1ccccc1. The van der Waals surface area contributed by atoms with Crippen molar-refractivity contribution >= 4 is 11.8 Å². The number of amides is 2. The number of nitrogens with zero attached hydrogens (tertiary/aromatic N) is 1. The molecular formula is C18H27N3O3. The highest BCUT2D eigenvalue weighted by Gasteiger charge is 2.28. The van der Waals surface area contributed by atoms with Gasteiger partial charge in [-0.3, -0.25) is 9.59 Å². The maximum Gasteiger partial charge on any atom is 0.242 e. The number of rotatable bonds is 6. The molecule has 1 aromatic rings. The number of nitrogens with two attached hydrogens (primary N) is 1. The van der Waals surface area contributed by atoms with Gasteiger partial charge < -0.3 is 20.7 Å². The lowest BCUT2D eigenvalue weighted by atomic mass is 10.0. The lowest BCUT2D eigenvalue weighted by molar-refractivity contribution is -0.140. The van der Waals surface area contributed by atoms with Gasteiger partial charge in [-0.1, -0.05) is 44.2 Å². The highest BCUT2D eigenvalue weighted by Crippen LogP contribution is 2.13. The van der Waals surface area contributed by atoms with E-state index in [-0.39, 0.29) is 30.3 Å². The fourth-order valence-corrected chi connectivity index (χ4v) is 2.72. The summed E-state index contributed by atoms with van der Waals surface area (Å²) in [5.41, 5.74) is 6.96. The van der Waals surface area contributed by atoms with Crippen molar-refractivity contribution in [2.24, 2.45) is 11.7 Å². The standard InChI is InChI=1S/C18H27N3O3/c1-13(2)17(19)18(23)20-11-16(22)21-8-9-24-12-15(21)10-14-6-4-3-5-7-14/h3-7,13,15,17H,8-12,19H2,1-2H3,(H,20,23)/t15?,17-/m0/s1. The Labute approximate surface area is 143 Å². The maximum atomic E-state index is 12.5. The Kier molecular flexibility index (Phi) is 6.75. The van der Waals surface area contributed by atoms with E-state index in [2.05, 4.69) is 5.32 Å². The molecule has 2 atom stereocenters. The van der Waals surface area contributed by atoms with E-state index in [1.807, 2.05) is 44.2 Å². The number of carbonyl (C=O) groups is 2. The van der Waals surface area contributed by atoms with Crippen LogP contribution in [0.1, 0.15) is 19.4 Å². The predicted octanol–water partition coefficient (Wildman–Crippen LogP) is 0.556. The van der Waals surface area contributed by atoms with Gasteiger partial charge in [0.2, 0.25) is 11.8 Å². The first-order valence-corrected chi connectivity index (χ1v) is 8.43. The van der Waals surface area contributed by atoms with Gasteiger partial charge in [-0.15, -0.1) is 0 Å². The molecule has 0 aromatic heterocycles. The number of nitrogens with one attached hydrogen (secondary N) is 1. The molecule has 1 unspecified atom stereocenters. The number of hydrogen-bond acceptors (Lipinski definition) is 4. The molecule has 0 saturated carbocycles. The summed E-state index contributed by atoms with van der Waals surface area (Å²) in [5, 5.41) is 2.65. The molecule has 1 aliphatic rings. The second-order valence-electron chi connectivity index (χ2n) is 6.49. The Balaban J connectivity index is 1.92. The molecule has 0 aliphatic carbocycles. The van der Waals surface area contributed by atoms with Crippen LogP contribution >= 0.6 is 0 Å². The molecule has 2 rings (SSSR count). The zero-order valence-corrected chi connectivity index (χ0v) is 14.4. The van der Waals surface area contributed by atoms with Crippen molar-refractivity contribution in [3.05, 3.63) is 35.9 Å². The average Bonchev–Trinajstić information content (AvgIpc) is 2.60. The van der Waals surface area contributed by atoms with Crippen LogP contribution in [0.3, 0.4) is 0 Å². The molecule has 1 fully saturated rings. The molecule has 0 radical (unpaired) electrons. The third-order valence-corrected chi connectivity index (χ3v) is 4.30. The first-order chi connectivity index (χ1) is 11.5. The minimum Gasteiger partial charge on any atom is -0.377 e. The van der Waals surface area contributed by atoms with Crippen molar-refractivity contribution in [1.29, 1.82) is 0 Å². The van der Waals surface area contributed by atoms with Crippen molar-refractivity contribution in [3.63, 3.8) is 0 Å². The summed E-state index contributed by atoms with van der Waals surface area (Å²) in [6.45, 7) is 5.32. The van der Waals surface area contributed by atoms with Gasteiger partial charge in [0.25, 0.3) is 0 Å². The minimum atomic E-state index is -0.595. The van der Waals surface area contributed by atoms with Gasteiger partial charge in [0.15, 0.2) is 0 Å². The molecule has 3 N–H and O–H groups in total. The summed E-state index contributed by atoms with van der Waals surface area (Å²) in [4.78, 5) is 26.2. The monoisotopic (exact) mass is 333 g/mol. The van der Waals surface area contributed by atoms with Gasteiger partial charge in [-0.25, -0.2) is 0 Å². The van der Waals surface area contributed by atoms with Gasteiger partial charge in [0.05, 0.1) is 31.8 Å². The Morgan fingerprint density at radius 2 is 2.04 bits per heavy atom. The second-order valence-corrected chi connectivity index (χ2v) is 6.49. The Bertz CT molecular complexity index is 548. The van der Waals surface area contributed by atoms with Crippen LogP contribution in [0.4, 0.5) is 0 Å². The normalized spacial score (nSPS) is 19.2. The van der Waals surface area contributed by atoms with E-state index in [1.165, 1.54) is 0 Å². The summed E-state index contributed by atoms with van der Waals surface area (Å²) >= 11 is 0. The van der Waals surface area contributed by atoms with Crippen LogP contribution < -0.4 is 11.1 Å².